The fourth-order valence-electron chi connectivity index (χ4n) is 8.98. The molecule has 0 aliphatic rings. The van der Waals surface area contributed by atoms with Crippen LogP contribution < -0.4 is 4.90 Å². The summed E-state index contributed by atoms with van der Waals surface area (Å²) >= 11 is 0. The highest BCUT2D eigenvalue weighted by atomic mass is 15.1. The third-order valence-corrected chi connectivity index (χ3v) is 11.8. The Morgan fingerprint density at radius 2 is 0.644 bits per heavy atom. The number of anilines is 3. The van der Waals surface area contributed by atoms with E-state index in [0.29, 0.717) is 0 Å². The summed E-state index contributed by atoms with van der Waals surface area (Å²) < 4.78 is 0. The maximum atomic E-state index is 2.43. The van der Waals surface area contributed by atoms with Crippen molar-refractivity contribution in [2.24, 2.45) is 0 Å². The van der Waals surface area contributed by atoms with E-state index in [2.05, 4.69) is 241 Å². The zero-order valence-electron chi connectivity index (χ0n) is 32.5. The fraction of sp³-hybridized carbons (Fsp3) is 0. The predicted octanol–water partition coefficient (Wildman–Crippen LogP) is 16.4. The number of hydrogen-bond acceptors (Lipinski definition) is 1. The van der Waals surface area contributed by atoms with Crippen molar-refractivity contribution in [1.82, 2.24) is 0 Å². The summed E-state index contributed by atoms with van der Waals surface area (Å²) in [4.78, 5) is 2.43. The van der Waals surface area contributed by atoms with Crippen molar-refractivity contribution in [2.45, 2.75) is 0 Å². The van der Waals surface area contributed by atoms with Gasteiger partial charge in [-0.25, -0.2) is 0 Å². The van der Waals surface area contributed by atoms with E-state index >= 15 is 0 Å². The summed E-state index contributed by atoms with van der Waals surface area (Å²) in [6.45, 7) is 0. The van der Waals surface area contributed by atoms with Gasteiger partial charge in [-0.05, 0) is 125 Å². The van der Waals surface area contributed by atoms with Gasteiger partial charge in [0.2, 0.25) is 0 Å². The molecule has 1 heteroatoms. The minimum absolute atomic E-state index is 1.10. The second-order valence-corrected chi connectivity index (χ2v) is 15.3. The number of hydrogen-bond donors (Lipinski definition) is 0. The zero-order chi connectivity index (χ0) is 39.1. The SMILES string of the molecule is c1ccc(-c2ccc(-c3ccc(N(c4ccc(-c5cc6ccccc6c6ccccc56)cc4)c4cc5ccccc5c5ccccc45)cc3)cc2-c2ccccc2)cc1. The van der Waals surface area contributed by atoms with Crippen LogP contribution in [0.2, 0.25) is 0 Å². The number of benzene rings is 11. The molecule has 0 aromatic heterocycles. The van der Waals surface area contributed by atoms with E-state index < -0.39 is 0 Å². The van der Waals surface area contributed by atoms with Gasteiger partial charge in [0.05, 0.1) is 5.69 Å². The Morgan fingerprint density at radius 1 is 0.220 bits per heavy atom. The normalized spacial score (nSPS) is 11.4. The highest BCUT2D eigenvalue weighted by Gasteiger charge is 2.19. The lowest BCUT2D eigenvalue weighted by Crippen LogP contribution is -2.10. The molecule has 59 heavy (non-hydrogen) atoms. The van der Waals surface area contributed by atoms with Crippen LogP contribution in [0.15, 0.2) is 237 Å². The van der Waals surface area contributed by atoms with Gasteiger partial charge >= 0.3 is 0 Å². The molecule has 0 bridgehead atoms. The van der Waals surface area contributed by atoms with Gasteiger partial charge in [-0.15, -0.1) is 0 Å². The quantitative estimate of drug-likeness (QED) is 0.147. The molecule has 0 atom stereocenters. The minimum Gasteiger partial charge on any atom is -0.310 e. The van der Waals surface area contributed by atoms with Crippen molar-refractivity contribution in [3.63, 3.8) is 0 Å². The van der Waals surface area contributed by atoms with E-state index in [0.717, 1.165) is 17.1 Å². The highest BCUT2D eigenvalue weighted by molar-refractivity contribution is 6.15. The summed E-state index contributed by atoms with van der Waals surface area (Å²) in [5.74, 6) is 0. The lowest BCUT2D eigenvalue weighted by atomic mass is 9.91. The molecule has 0 heterocycles. The molecule has 11 rings (SSSR count). The second kappa shape index (κ2) is 14.6. The van der Waals surface area contributed by atoms with Crippen LogP contribution in [0.3, 0.4) is 0 Å². The molecule has 11 aromatic rings. The summed E-state index contributed by atoms with van der Waals surface area (Å²) in [5, 5.41) is 10.0. The average Bonchev–Trinajstić information content (AvgIpc) is 3.32. The Hall–Kier alpha value is -7.74. The molecule has 0 fully saturated rings. The summed E-state index contributed by atoms with van der Waals surface area (Å²) in [7, 11) is 0. The van der Waals surface area contributed by atoms with Gasteiger partial charge < -0.3 is 4.90 Å². The van der Waals surface area contributed by atoms with Gasteiger partial charge in [-0.1, -0.05) is 194 Å². The third-order valence-electron chi connectivity index (χ3n) is 11.8. The van der Waals surface area contributed by atoms with Gasteiger partial charge in [0.1, 0.15) is 0 Å². The number of nitrogens with zero attached hydrogens (tertiary/aromatic N) is 1. The Morgan fingerprint density at radius 3 is 1.25 bits per heavy atom. The van der Waals surface area contributed by atoms with Gasteiger partial charge in [-0.2, -0.15) is 0 Å². The fourth-order valence-corrected chi connectivity index (χ4v) is 8.98. The Balaban J connectivity index is 1.05. The smallest absolute Gasteiger partial charge is 0.0546 e. The van der Waals surface area contributed by atoms with Crippen LogP contribution in [0, 0.1) is 0 Å². The molecule has 1 nitrogen and oxygen atoms in total. The molecule has 0 N–H and O–H groups in total. The molecule has 0 saturated heterocycles. The maximum absolute atomic E-state index is 2.43. The summed E-state index contributed by atoms with van der Waals surface area (Å²) in [6.07, 6.45) is 0. The van der Waals surface area contributed by atoms with Gasteiger partial charge in [0.15, 0.2) is 0 Å². The van der Waals surface area contributed by atoms with Crippen LogP contribution in [0.5, 0.6) is 0 Å². The standard InChI is InChI=1S/C58H39N/c1-3-15-41(16-4-1)51-36-31-44(37-56(51)42-17-5-2-6-18-42)40-27-32-47(33-28-40)59(58-39-46-20-8-10-22-50(46)53-24-13-14-26-55(53)58)48-34-29-43(30-35-48)57-38-45-19-7-9-21-49(45)52-23-11-12-25-54(52)57/h1-39H. The lowest BCUT2D eigenvalue weighted by molar-refractivity contribution is 1.30. The predicted molar refractivity (Wildman–Crippen MR) is 253 cm³/mol. The van der Waals surface area contributed by atoms with E-state index in [1.54, 1.807) is 0 Å². The van der Waals surface area contributed by atoms with Crippen molar-refractivity contribution in [3.8, 4) is 44.5 Å². The van der Waals surface area contributed by atoms with Gasteiger partial charge in [0.25, 0.3) is 0 Å². The van der Waals surface area contributed by atoms with Crippen LogP contribution in [0.1, 0.15) is 0 Å². The zero-order valence-corrected chi connectivity index (χ0v) is 32.5. The highest BCUT2D eigenvalue weighted by Crippen LogP contribution is 2.44. The van der Waals surface area contributed by atoms with Gasteiger partial charge in [-0.3, -0.25) is 0 Å². The Labute approximate surface area is 344 Å². The molecule has 0 aliphatic heterocycles. The van der Waals surface area contributed by atoms with Gasteiger partial charge in [0, 0.05) is 16.8 Å². The van der Waals surface area contributed by atoms with Crippen LogP contribution >= 0.6 is 0 Å². The van der Waals surface area contributed by atoms with Crippen LogP contribution in [-0.4, -0.2) is 0 Å². The van der Waals surface area contributed by atoms with E-state index in [9.17, 15) is 0 Å². The van der Waals surface area contributed by atoms with E-state index in [1.807, 2.05) is 0 Å². The van der Waals surface area contributed by atoms with Crippen molar-refractivity contribution in [1.29, 1.82) is 0 Å². The topological polar surface area (TPSA) is 3.24 Å². The van der Waals surface area contributed by atoms with Crippen molar-refractivity contribution in [2.75, 3.05) is 4.90 Å². The number of rotatable bonds is 7. The van der Waals surface area contributed by atoms with Crippen molar-refractivity contribution < 1.29 is 0 Å². The summed E-state index contributed by atoms with van der Waals surface area (Å²) in [5.41, 5.74) is 13.0. The molecule has 276 valence electrons. The first kappa shape index (κ1) is 34.5. The van der Waals surface area contributed by atoms with E-state index in [1.165, 1.54) is 87.6 Å². The summed E-state index contributed by atoms with van der Waals surface area (Å²) in [6, 6.07) is 86.2. The van der Waals surface area contributed by atoms with Crippen LogP contribution in [0.25, 0.3) is 87.6 Å². The molecular weight excluding hydrogens is 711 g/mol. The van der Waals surface area contributed by atoms with Crippen molar-refractivity contribution in [3.05, 3.63) is 237 Å². The number of fused-ring (bicyclic) bond motifs is 6. The first-order chi connectivity index (χ1) is 29.3. The molecule has 0 radical (unpaired) electrons. The van der Waals surface area contributed by atoms with Crippen LogP contribution in [-0.2, 0) is 0 Å². The molecule has 0 aliphatic carbocycles. The average molecular weight is 750 g/mol. The minimum atomic E-state index is 1.10. The largest absolute Gasteiger partial charge is 0.310 e. The molecule has 0 spiro atoms. The first-order valence-corrected chi connectivity index (χ1v) is 20.3. The van der Waals surface area contributed by atoms with E-state index in [4.69, 9.17) is 0 Å². The molecule has 0 amide bonds. The Kier molecular flexibility index (Phi) is 8.56. The second-order valence-electron chi connectivity index (χ2n) is 15.3. The molecular formula is C58H39N. The third kappa shape index (κ3) is 6.21. The first-order valence-electron chi connectivity index (χ1n) is 20.3. The Bertz CT molecular complexity index is 3290. The molecule has 0 unspecified atom stereocenters. The van der Waals surface area contributed by atoms with Crippen molar-refractivity contribution >= 4 is 60.2 Å². The van der Waals surface area contributed by atoms with E-state index in [-0.39, 0.29) is 0 Å². The lowest BCUT2D eigenvalue weighted by Gasteiger charge is -2.28. The molecule has 0 saturated carbocycles. The molecule has 11 aromatic carbocycles. The maximum Gasteiger partial charge on any atom is 0.0546 e. The monoisotopic (exact) mass is 749 g/mol. The van der Waals surface area contributed by atoms with Crippen LogP contribution in [0.4, 0.5) is 17.1 Å².